The first-order valence-corrected chi connectivity index (χ1v) is 14.8. The number of anilines is 1. The fourth-order valence-electron chi connectivity index (χ4n) is 6.01. The summed E-state index contributed by atoms with van der Waals surface area (Å²) in [5, 5.41) is 0. The van der Waals surface area contributed by atoms with Crippen LogP contribution in [0.25, 0.3) is 0 Å². The van der Waals surface area contributed by atoms with E-state index < -0.39 is 0 Å². The van der Waals surface area contributed by atoms with Crippen LogP contribution in [0.1, 0.15) is 101 Å². The van der Waals surface area contributed by atoms with E-state index in [9.17, 15) is 4.79 Å². The zero-order valence-corrected chi connectivity index (χ0v) is 23.9. The Labute approximate surface area is 226 Å². The molecule has 0 radical (unpaired) electrons. The Morgan fingerprint density at radius 1 is 0.865 bits per heavy atom. The highest BCUT2D eigenvalue weighted by Gasteiger charge is 2.33. The summed E-state index contributed by atoms with van der Waals surface area (Å²) in [5.41, 5.74) is 7.81. The number of piperazine rings is 1. The summed E-state index contributed by atoms with van der Waals surface area (Å²) >= 11 is 0. The molecule has 0 atom stereocenters. The van der Waals surface area contributed by atoms with Gasteiger partial charge in [-0.2, -0.15) is 0 Å². The molecule has 0 spiro atoms. The molecule has 4 heteroatoms. The van der Waals surface area contributed by atoms with Crippen LogP contribution < -0.4 is 4.90 Å². The molecule has 3 aliphatic rings. The monoisotopic (exact) mass is 503 g/mol. The smallest absolute Gasteiger partial charge is 0.254 e. The number of amides is 1. The molecule has 4 rings (SSSR count). The Morgan fingerprint density at radius 3 is 2.24 bits per heavy atom. The fraction of sp³-hybridized carbons (Fsp3) is 0.606. The van der Waals surface area contributed by atoms with Crippen molar-refractivity contribution in [3.8, 4) is 0 Å². The average Bonchev–Trinajstić information content (AvgIpc) is 3.24. The molecule has 2 fully saturated rings. The van der Waals surface area contributed by atoms with Gasteiger partial charge in [0.15, 0.2) is 0 Å². The number of nitrogens with zero attached hydrogens (tertiary/aromatic N) is 3. The van der Waals surface area contributed by atoms with Gasteiger partial charge in [-0.1, -0.05) is 60.3 Å². The van der Waals surface area contributed by atoms with E-state index >= 15 is 0 Å². The topological polar surface area (TPSA) is 26.8 Å². The van der Waals surface area contributed by atoms with Crippen LogP contribution in [-0.2, 0) is 6.54 Å². The molecule has 202 valence electrons. The minimum Gasteiger partial charge on any atom is -0.369 e. The van der Waals surface area contributed by atoms with Gasteiger partial charge in [0, 0.05) is 56.6 Å². The van der Waals surface area contributed by atoms with Crippen molar-refractivity contribution in [2.75, 3.05) is 37.6 Å². The molecular formula is C33H49N3O. The van der Waals surface area contributed by atoms with Gasteiger partial charge in [0.25, 0.3) is 5.91 Å². The molecule has 37 heavy (non-hydrogen) atoms. The Balaban J connectivity index is 1.21. The van der Waals surface area contributed by atoms with Crippen LogP contribution in [0.2, 0.25) is 0 Å². The zero-order valence-electron chi connectivity index (χ0n) is 23.9. The number of fused-ring (bicyclic) bond motifs is 1. The summed E-state index contributed by atoms with van der Waals surface area (Å²) in [7, 11) is 0. The van der Waals surface area contributed by atoms with Gasteiger partial charge < -0.3 is 9.80 Å². The van der Waals surface area contributed by atoms with Crippen molar-refractivity contribution < 1.29 is 4.79 Å². The van der Waals surface area contributed by atoms with E-state index in [1.165, 1.54) is 66.5 Å². The summed E-state index contributed by atoms with van der Waals surface area (Å²) in [6, 6.07) is 7.08. The van der Waals surface area contributed by atoms with E-state index in [0.29, 0.717) is 6.04 Å². The van der Waals surface area contributed by atoms with Crippen molar-refractivity contribution in [3.63, 3.8) is 0 Å². The first-order valence-electron chi connectivity index (χ1n) is 14.8. The lowest BCUT2D eigenvalue weighted by Gasteiger charge is -2.36. The van der Waals surface area contributed by atoms with Crippen molar-refractivity contribution in [3.05, 3.63) is 64.3 Å². The number of hydrogen-bond donors (Lipinski definition) is 0. The van der Waals surface area contributed by atoms with Crippen LogP contribution in [0.3, 0.4) is 0 Å². The molecule has 0 bridgehead atoms. The highest BCUT2D eigenvalue weighted by molar-refractivity contribution is 5.99. The molecule has 4 nitrogen and oxygen atoms in total. The van der Waals surface area contributed by atoms with Gasteiger partial charge in [-0.3, -0.25) is 9.69 Å². The molecular weight excluding hydrogens is 454 g/mol. The summed E-state index contributed by atoms with van der Waals surface area (Å²) in [6.07, 6.45) is 18.0. The van der Waals surface area contributed by atoms with Crippen molar-refractivity contribution in [2.45, 2.75) is 98.1 Å². The highest BCUT2D eigenvalue weighted by Crippen LogP contribution is 2.33. The second-order valence-corrected chi connectivity index (χ2v) is 11.8. The predicted octanol–water partition coefficient (Wildman–Crippen LogP) is 7.52. The molecule has 1 saturated heterocycles. The number of carbonyl (C=O) groups excluding carboxylic acids is 1. The molecule has 1 amide bonds. The number of rotatable bonds is 10. The maximum atomic E-state index is 13.2. The minimum absolute atomic E-state index is 0.265. The van der Waals surface area contributed by atoms with E-state index in [4.69, 9.17) is 0 Å². The Bertz CT molecular complexity index is 1000. The lowest BCUT2D eigenvalue weighted by molar-refractivity contribution is 0.0660. The van der Waals surface area contributed by atoms with Gasteiger partial charge in [-0.05, 0) is 83.9 Å². The van der Waals surface area contributed by atoms with Crippen molar-refractivity contribution >= 4 is 11.6 Å². The summed E-state index contributed by atoms with van der Waals surface area (Å²) in [6.45, 7) is 15.0. The third kappa shape index (κ3) is 7.83. The Kier molecular flexibility index (Phi) is 10.1. The van der Waals surface area contributed by atoms with Crippen LogP contribution in [0.15, 0.2) is 53.1 Å². The quantitative estimate of drug-likeness (QED) is 0.309. The van der Waals surface area contributed by atoms with Crippen molar-refractivity contribution in [1.82, 2.24) is 9.80 Å². The first-order chi connectivity index (χ1) is 17.9. The summed E-state index contributed by atoms with van der Waals surface area (Å²) in [5.74, 6) is 0.265. The highest BCUT2D eigenvalue weighted by atomic mass is 16.2. The number of hydrogen-bond acceptors (Lipinski definition) is 3. The van der Waals surface area contributed by atoms with E-state index in [2.05, 4.69) is 78.8 Å². The first kappa shape index (κ1) is 27.7. The van der Waals surface area contributed by atoms with Crippen LogP contribution in [0.4, 0.5) is 5.69 Å². The second-order valence-electron chi connectivity index (χ2n) is 11.8. The largest absolute Gasteiger partial charge is 0.369 e. The fourth-order valence-corrected chi connectivity index (χ4v) is 6.01. The Hall–Kier alpha value is -2.33. The van der Waals surface area contributed by atoms with E-state index in [1.807, 2.05) is 0 Å². The maximum absolute atomic E-state index is 13.2. The van der Waals surface area contributed by atoms with E-state index in [-0.39, 0.29) is 5.91 Å². The standard InChI is InChI=1S/C33H49N3O/c1-26(2)10-8-11-27(3)12-9-13-28(4)18-19-34-20-22-35(23-21-34)31-17-16-29-25-36(33(37)32(29)24-31)30-14-6-5-7-15-30/h10,12,16-18,24,30H,5-9,11,13-15,19-23,25H2,1-4H3. The zero-order chi connectivity index (χ0) is 26.2. The normalized spacial score (nSPS) is 19.9. The van der Waals surface area contributed by atoms with Crippen LogP contribution in [0, 0.1) is 0 Å². The molecule has 0 aromatic heterocycles. The van der Waals surface area contributed by atoms with Gasteiger partial charge in [0.1, 0.15) is 0 Å². The van der Waals surface area contributed by atoms with Crippen molar-refractivity contribution in [2.24, 2.45) is 0 Å². The molecule has 1 aromatic carbocycles. The molecule has 1 aliphatic carbocycles. The van der Waals surface area contributed by atoms with Gasteiger partial charge in [-0.15, -0.1) is 0 Å². The van der Waals surface area contributed by atoms with Crippen molar-refractivity contribution in [1.29, 1.82) is 0 Å². The third-order valence-corrected chi connectivity index (χ3v) is 8.50. The average molecular weight is 504 g/mol. The summed E-state index contributed by atoms with van der Waals surface area (Å²) < 4.78 is 0. The molecule has 2 heterocycles. The lowest BCUT2D eigenvalue weighted by atomic mass is 9.94. The maximum Gasteiger partial charge on any atom is 0.254 e. The predicted molar refractivity (Wildman–Crippen MR) is 157 cm³/mol. The molecule has 0 N–H and O–H groups in total. The second kappa shape index (κ2) is 13.5. The SMILES string of the molecule is CC(C)=CCCC(C)=CCCC(C)=CCN1CCN(c2ccc3c(c2)C(=O)N(C2CCCCC2)C3)CC1. The minimum atomic E-state index is 0.265. The third-order valence-electron chi connectivity index (χ3n) is 8.50. The Morgan fingerprint density at radius 2 is 1.54 bits per heavy atom. The number of carbonyl (C=O) groups is 1. The molecule has 1 saturated carbocycles. The van der Waals surface area contributed by atoms with E-state index in [1.54, 1.807) is 0 Å². The number of allylic oxidation sites excluding steroid dienone is 5. The van der Waals surface area contributed by atoms with E-state index in [0.717, 1.165) is 64.1 Å². The molecule has 0 unspecified atom stereocenters. The van der Waals surface area contributed by atoms with Crippen LogP contribution in [-0.4, -0.2) is 54.5 Å². The van der Waals surface area contributed by atoms with Gasteiger partial charge in [0.05, 0.1) is 0 Å². The molecule has 2 aliphatic heterocycles. The van der Waals surface area contributed by atoms with Crippen LogP contribution >= 0.6 is 0 Å². The summed E-state index contributed by atoms with van der Waals surface area (Å²) in [4.78, 5) is 20.4. The van der Waals surface area contributed by atoms with Gasteiger partial charge in [0.2, 0.25) is 0 Å². The lowest BCUT2D eigenvalue weighted by Crippen LogP contribution is -2.46. The van der Waals surface area contributed by atoms with Gasteiger partial charge in [-0.25, -0.2) is 0 Å². The van der Waals surface area contributed by atoms with Crippen LogP contribution in [0.5, 0.6) is 0 Å². The molecule has 1 aromatic rings. The van der Waals surface area contributed by atoms with Gasteiger partial charge >= 0.3 is 0 Å². The number of benzene rings is 1.